The van der Waals surface area contributed by atoms with Crippen molar-refractivity contribution in [2.45, 2.75) is 20.4 Å². The molecule has 0 spiro atoms. The second kappa shape index (κ2) is 6.46. The minimum absolute atomic E-state index is 0.635. The highest BCUT2D eigenvalue weighted by Gasteiger charge is 2.09. The molecule has 0 aliphatic carbocycles. The number of aromatic nitrogens is 1. The van der Waals surface area contributed by atoms with Crippen molar-refractivity contribution < 1.29 is 4.74 Å². The molecule has 0 atom stereocenters. The lowest BCUT2D eigenvalue weighted by Gasteiger charge is -2.13. The Bertz CT molecular complexity index is 632. The Morgan fingerprint density at radius 3 is 2.75 bits per heavy atom. The topological polar surface area (TPSA) is 34.1 Å². The van der Waals surface area contributed by atoms with Crippen molar-refractivity contribution >= 4 is 33.2 Å². The summed E-state index contributed by atoms with van der Waals surface area (Å²) < 4.78 is 6.28. The first-order valence-electron chi connectivity index (χ1n) is 6.21. The van der Waals surface area contributed by atoms with Crippen LogP contribution in [0.4, 0.5) is 5.69 Å². The molecule has 1 aromatic heterocycles. The Morgan fingerprint density at radius 2 is 2.10 bits per heavy atom. The van der Waals surface area contributed by atoms with E-state index in [1.807, 2.05) is 38.2 Å². The molecule has 0 saturated heterocycles. The van der Waals surface area contributed by atoms with Gasteiger partial charge in [-0.05, 0) is 48.0 Å². The van der Waals surface area contributed by atoms with Crippen molar-refractivity contribution in [3.8, 4) is 5.75 Å². The number of aryl methyl sites for hydroxylation is 1. The lowest BCUT2D eigenvalue weighted by atomic mass is 10.1. The Morgan fingerprint density at radius 1 is 1.35 bits per heavy atom. The first-order chi connectivity index (χ1) is 9.52. The van der Waals surface area contributed by atoms with Gasteiger partial charge in [-0.3, -0.25) is 4.98 Å². The number of nitrogens with zero attached hydrogens (tertiary/aromatic N) is 1. The number of ether oxygens (including phenoxy) is 1. The van der Waals surface area contributed by atoms with Gasteiger partial charge in [-0.1, -0.05) is 11.6 Å². The number of anilines is 1. The maximum Gasteiger partial charge on any atom is 0.128 e. The Balaban J connectivity index is 2.16. The summed E-state index contributed by atoms with van der Waals surface area (Å²) >= 11 is 9.39. The number of rotatable bonds is 4. The third-order valence-corrected chi connectivity index (χ3v) is 4.34. The summed E-state index contributed by atoms with van der Waals surface area (Å²) in [6, 6.07) is 5.74. The molecule has 2 aromatic rings. The molecule has 0 saturated carbocycles. The van der Waals surface area contributed by atoms with Crippen LogP contribution in [0.2, 0.25) is 5.02 Å². The number of hydrogen-bond acceptors (Lipinski definition) is 3. The molecular formula is C15H16BrClN2O. The smallest absolute Gasteiger partial charge is 0.128 e. The Labute approximate surface area is 132 Å². The van der Waals surface area contributed by atoms with Gasteiger partial charge in [0.1, 0.15) is 5.75 Å². The number of methoxy groups -OCH3 is 1. The molecule has 0 aliphatic heterocycles. The molecular weight excluding hydrogens is 340 g/mol. The third kappa shape index (κ3) is 3.25. The molecule has 3 nitrogen and oxygen atoms in total. The molecule has 0 unspecified atom stereocenters. The Kier molecular flexibility index (Phi) is 4.89. The molecule has 5 heteroatoms. The molecule has 0 fully saturated rings. The average Bonchev–Trinajstić information content (AvgIpc) is 2.42. The van der Waals surface area contributed by atoms with Crippen LogP contribution in [0.15, 0.2) is 28.9 Å². The minimum atomic E-state index is 0.635. The number of nitrogens with one attached hydrogen (secondary N) is 1. The highest BCUT2D eigenvalue weighted by Crippen LogP contribution is 2.27. The lowest BCUT2D eigenvalue weighted by molar-refractivity contribution is 0.407. The van der Waals surface area contributed by atoms with Crippen molar-refractivity contribution in [2.75, 3.05) is 12.4 Å². The number of hydrogen-bond donors (Lipinski definition) is 1. The van der Waals surface area contributed by atoms with Gasteiger partial charge in [0, 0.05) is 27.5 Å². The van der Waals surface area contributed by atoms with Crippen LogP contribution in [0.5, 0.6) is 5.75 Å². The van der Waals surface area contributed by atoms with Gasteiger partial charge in [0.25, 0.3) is 0 Å². The van der Waals surface area contributed by atoms with E-state index in [0.717, 1.165) is 32.7 Å². The molecule has 0 radical (unpaired) electrons. The van der Waals surface area contributed by atoms with Crippen LogP contribution < -0.4 is 10.1 Å². The highest BCUT2D eigenvalue weighted by atomic mass is 79.9. The van der Waals surface area contributed by atoms with Gasteiger partial charge in [0.05, 0.1) is 24.4 Å². The van der Waals surface area contributed by atoms with Gasteiger partial charge in [-0.2, -0.15) is 0 Å². The summed E-state index contributed by atoms with van der Waals surface area (Å²) in [5, 5.41) is 4.03. The summed E-state index contributed by atoms with van der Waals surface area (Å²) in [6.07, 6.45) is 1.83. The second-order valence-corrected chi connectivity index (χ2v) is 5.79. The van der Waals surface area contributed by atoms with Crippen molar-refractivity contribution in [1.82, 2.24) is 4.98 Å². The van der Waals surface area contributed by atoms with Gasteiger partial charge in [0.15, 0.2) is 0 Å². The summed E-state index contributed by atoms with van der Waals surface area (Å²) in [5.74, 6) is 0.897. The average molecular weight is 356 g/mol. The van der Waals surface area contributed by atoms with E-state index in [0.29, 0.717) is 11.6 Å². The zero-order chi connectivity index (χ0) is 14.7. The normalized spacial score (nSPS) is 10.4. The summed E-state index contributed by atoms with van der Waals surface area (Å²) in [4.78, 5) is 4.46. The van der Waals surface area contributed by atoms with Gasteiger partial charge >= 0.3 is 0 Å². The molecule has 0 amide bonds. The molecule has 20 heavy (non-hydrogen) atoms. The van der Waals surface area contributed by atoms with E-state index in [4.69, 9.17) is 16.3 Å². The predicted octanol–water partition coefficient (Wildman–Crippen LogP) is 4.74. The quantitative estimate of drug-likeness (QED) is 0.860. The molecule has 0 bridgehead atoms. The van der Waals surface area contributed by atoms with E-state index in [2.05, 4.69) is 26.2 Å². The van der Waals surface area contributed by atoms with Gasteiger partial charge in [-0.15, -0.1) is 0 Å². The third-order valence-electron chi connectivity index (χ3n) is 3.13. The fourth-order valence-electron chi connectivity index (χ4n) is 2.04. The van der Waals surface area contributed by atoms with E-state index in [-0.39, 0.29) is 0 Å². The van der Waals surface area contributed by atoms with Crippen molar-refractivity contribution in [3.05, 3.63) is 50.7 Å². The number of halogens is 2. The molecule has 1 N–H and O–H groups in total. The maximum absolute atomic E-state index is 5.98. The van der Waals surface area contributed by atoms with E-state index >= 15 is 0 Å². The van der Waals surface area contributed by atoms with Crippen LogP contribution >= 0.6 is 27.5 Å². The first-order valence-corrected chi connectivity index (χ1v) is 7.38. The lowest BCUT2D eigenvalue weighted by Crippen LogP contribution is -2.06. The van der Waals surface area contributed by atoms with E-state index in [1.54, 1.807) is 7.11 Å². The summed E-state index contributed by atoms with van der Waals surface area (Å²) in [5.41, 5.74) is 4.07. The maximum atomic E-state index is 5.98. The van der Waals surface area contributed by atoms with Crippen LogP contribution in [-0.4, -0.2) is 12.1 Å². The fourth-order valence-corrected chi connectivity index (χ4v) is 2.54. The second-order valence-electron chi connectivity index (χ2n) is 4.53. The molecule has 1 heterocycles. The Hall–Kier alpha value is -1.26. The van der Waals surface area contributed by atoms with Crippen LogP contribution in [0, 0.1) is 13.8 Å². The fraction of sp³-hybridized carbons (Fsp3) is 0.267. The SMILES string of the molecule is COc1c(C)cnc(CNc2ccc(Cl)c(Br)c2)c1C. The zero-order valence-electron chi connectivity index (χ0n) is 11.6. The summed E-state index contributed by atoms with van der Waals surface area (Å²) in [7, 11) is 1.68. The predicted molar refractivity (Wildman–Crippen MR) is 86.7 cm³/mol. The van der Waals surface area contributed by atoms with Crippen molar-refractivity contribution in [1.29, 1.82) is 0 Å². The molecule has 0 aliphatic rings. The van der Waals surface area contributed by atoms with E-state index in [9.17, 15) is 0 Å². The standard InChI is InChI=1S/C15H16BrClN2O/c1-9-7-19-14(10(2)15(9)20-3)8-18-11-4-5-13(17)12(16)6-11/h4-7,18H,8H2,1-3H3. The van der Waals surface area contributed by atoms with E-state index in [1.165, 1.54) is 0 Å². The van der Waals surface area contributed by atoms with E-state index < -0.39 is 0 Å². The highest BCUT2D eigenvalue weighted by molar-refractivity contribution is 9.10. The molecule has 2 rings (SSSR count). The monoisotopic (exact) mass is 354 g/mol. The summed E-state index contributed by atoms with van der Waals surface area (Å²) in [6.45, 7) is 4.65. The number of pyridine rings is 1. The van der Waals surface area contributed by atoms with Gasteiger partial charge in [-0.25, -0.2) is 0 Å². The van der Waals surface area contributed by atoms with Crippen molar-refractivity contribution in [2.24, 2.45) is 0 Å². The first kappa shape index (κ1) is 15.1. The van der Waals surface area contributed by atoms with Crippen LogP contribution in [-0.2, 0) is 6.54 Å². The molecule has 1 aromatic carbocycles. The largest absolute Gasteiger partial charge is 0.496 e. The molecule has 106 valence electrons. The van der Waals surface area contributed by atoms with Gasteiger partial charge < -0.3 is 10.1 Å². The van der Waals surface area contributed by atoms with Gasteiger partial charge in [0.2, 0.25) is 0 Å². The minimum Gasteiger partial charge on any atom is -0.496 e. The van der Waals surface area contributed by atoms with Crippen LogP contribution in [0.1, 0.15) is 16.8 Å². The van der Waals surface area contributed by atoms with Crippen molar-refractivity contribution in [3.63, 3.8) is 0 Å². The number of benzene rings is 1. The van der Waals surface area contributed by atoms with Crippen LogP contribution in [0.3, 0.4) is 0 Å². The zero-order valence-corrected chi connectivity index (χ0v) is 14.0. The van der Waals surface area contributed by atoms with Crippen LogP contribution in [0.25, 0.3) is 0 Å².